The van der Waals surface area contributed by atoms with E-state index >= 15 is 0 Å². The molecule has 94 valence electrons. The van der Waals surface area contributed by atoms with Gasteiger partial charge < -0.3 is 10.6 Å². The van der Waals surface area contributed by atoms with Gasteiger partial charge in [0.05, 0.1) is 11.4 Å². The van der Waals surface area contributed by atoms with E-state index < -0.39 is 0 Å². The third-order valence-electron chi connectivity index (χ3n) is 2.53. The van der Waals surface area contributed by atoms with Gasteiger partial charge in [-0.15, -0.1) is 0 Å². The molecule has 0 aliphatic heterocycles. The van der Waals surface area contributed by atoms with Crippen molar-refractivity contribution in [1.82, 2.24) is 15.1 Å². The summed E-state index contributed by atoms with van der Waals surface area (Å²) in [6.07, 6.45) is 4.00. The van der Waals surface area contributed by atoms with Gasteiger partial charge >= 0.3 is 0 Å². The smallest absolute Gasteiger partial charge is 0.225 e. The minimum atomic E-state index is -0.0102. The van der Waals surface area contributed by atoms with Crippen LogP contribution in [0.1, 0.15) is 6.42 Å². The highest BCUT2D eigenvalue weighted by molar-refractivity contribution is 5.92. The normalized spacial score (nSPS) is 10.3. The van der Waals surface area contributed by atoms with Crippen molar-refractivity contribution in [2.45, 2.75) is 6.42 Å². The van der Waals surface area contributed by atoms with Crippen molar-refractivity contribution in [1.29, 1.82) is 0 Å². The molecule has 2 rings (SSSR count). The zero-order valence-electron chi connectivity index (χ0n) is 10.3. The predicted molar refractivity (Wildman–Crippen MR) is 70.7 cm³/mol. The second-order valence-corrected chi connectivity index (χ2v) is 3.87. The van der Waals surface area contributed by atoms with Gasteiger partial charge in [-0.1, -0.05) is 12.1 Å². The number of amides is 1. The van der Waals surface area contributed by atoms with E-state index in [1.54, 1.807) is 10.9 Å². The summed E-state index contributed by atoms with van der Waals surface area (Å²) in [4.78, 5) is 11.7. The fourth-order valence-electron chi connectivity index (χ4n) is 1.64. The van der Waals surface area contributed by atoms with Crippen LogP contribution >= 0.6 is 0 Å². The Morgan fingerprint density at radius 1 is 1.33 bits per heavy atom. The zero-order valence-corrected chi connectivity index (χ0v) is 10.3. The van der Waals surface area contributed by atoms with Crippen molar-refractivity contribution < 1.29 is 4.79 Å². The molecule has 5 heteroatoms. The van der Waals surface area contributed by atoms with Crippen LogP contribution in [0.4, 0.5) is 5.69 Å². The van der Waals surface area contributed by atoms with Crippen LogP contribution in [0.25, 0.3) is 5.69 Å². The van der Waals surface area contributed by atoms with Crippen LogP contribution in [0.2, 0.25) is 0 Å². The minimum Gasteiger partial charge on any atom is -0.324 e. The van der Waals surface area contributed by atoms with Crippen molar-refractivity contribution in [2.24, 2.45) is 0 Å². The van der Waals surface area contributed by atoms with Crippen LogP contribution in [-0.4, -0.2) is 29.3 Å². The Hall–Kier alpha value is -2.14. The van der Waals surface area contributed by atoms with E-state index in [0.29, 0.717) is 13.0 Å². The Morgan fingerprint density at radius 3 is 2.89 bits per heavy atom. The Labute approximate surface area is 106 Å². The molecule has 0 bridgehead atoms. The van der Waals surface area contributed by atoms with E-state index in [9.17, 15) is 4.79 Å². The van der Waals surface area contributed by atoms with Crippen molar-refractivity contribution >= 4 is 11.6 Å². The molecule has 0 aliphatic carbocycles. The van der Waals surface area contributed by atoms with E-state index in [1.165, 1.54) is 0 Å². The molecule has 0 unspecified atom stereocenters. The molecule has 0 saturated heterocycles. The highest BCUT2D eigenvalue weighted by Crippen LogP contribution is 2.18. The molecule has 0 saturated carbocycles. The quantitative estimate of drug-likeness (QED) is 0.836. The van der Waals surface area contributed by atoms with Gasteiger partial charge in [0.15, 0.2) is 0 Å². The number of carbonyl (C=O) groups excluding carboxylic acids is 1. The SMILES string of the molecule is CNCCC(=O)Nc1ccccc1-n1cccn1. The van der Waals surface area contributed by atoms with Gasteiger partial charge in [0.25, 0.3) is 0 Å². The van der Waals surface area contributed by atoms with E-state index in [-0.39, 0.29) is 5.91 Å². The predicted octanol–water partition coefficient (Wildman–Crippen LogP) is 1.42. The second kappa shape index (κ2) is 5.97. The zero-order chi connectivity index (χ0) is 12.8. The Balaban J connectivity index is 2.16. The molecule has 2 aromatic rings. The van der Waals surface area contributed by atoms with Crippen LogP contribution in [0.15, 0.2) is 42.7 Å². The molecule has 0 atom stereocenters. The molecule has 1 heterocycles. The summed E-state index contributed by atoms with van der Waals surface area (Å²) in [6, 6.07) is 9.44. The lowest BCUT2D eigenvalue weighted by Gasteiger charge is -2.10. The molecule has 5 nitrogen and oxygen atoms in total. The first-order valence-corrected chi connectivity index (χ1v) is 5.85. The lowest BCUT2D eigenvalue weighted by atomic mass is 10.2. The number of hydrogen-bond donors (Lipinski definition) is 2. The number of nitrogens with one attached hydrogen (secondary N) is 2. The third-order valence-corrected chi connectivity index (χ3v) is 2.53. The number of benzene rings is 1. The molecule has 1 amide bonds. The molecule has 18 heavy (non-hydrogen) atoms. The summed E-state index contributed by atoms with van der Waals surface area (Å²) in [5.74, 6) is -0.0102. The molecular weight excluding hydrogens is 228 g/mol. The average molecular weight is 244 g/mol. The fraction of sp³-hybridized carbons (Fsp3) is 0.231. The van der Waals surface area contributed by atoms with E-state index in [1.807, 2.05) is 43.6 Å². The largest absolute Gasteiger partial charge is 0.324 e. The van der Waals surface area contributed by atoms with E-state index in [4.69, 9.17) is 0 Å². The number of aromatic nitrogens is 2. The van der Waals surface area contributed by atoms with Crippen LogP contribution in [0.3, 0.4) is 0 Å². The molecule has 1 aromatic carbocycles. The highest BCUT2D eigenvalue weighted by atomic mass is 16.1. The number of carbonyl (C=O) groups is 1. The van der Waals surface area contributed by atoms with Crippen LogP contribution < -0.4 is 10.6 Å². The van der Waals surface area contributed by atoms with Crippen molar-refractivity contribution in [2.75, 3.05) is 18.9 Å². The first-order valence-electron chi connectivity index (χ1n) is 5.85. The summed E-state index contributed by atoms with van der Waals surface area (Å²) in [7, 11) is 1.82. The van der Waals surface area contributed by atoms with Crippen LogP contribution in [0, 0.1) is 0 Å². The van der Waals surface area contributed by atoms with Gasteiger partial charge in [-0.3, -0.25) is 4.79 Å². The van der Waals surface area contributed by atoms with Crippen molar-refractivity contribution in [3.05, 3.63) is 42.7 Å². The van der Waals surface area contributed by atoms with Gasteiger partial charge in [-0.25, -0.2) is 4.68 Å². The summed E-state index contributed by atoms with van der Waals surface area (Å²) < 4.78 is 1.73. The molecule has 1 aromatic heterocycles. The summed E-state index contributed by atoms with van der Waals surface area (Å²) in [5, 5.41) is 10.0. The number of rotatable bonds is 5. The number of nitrogens with zero attached hydrogens (tertiary/aromatic N) is 2. The minimum absolute atomic E-state index is 0.0102. The number of para-hydroxylation sites is 2. The average Bonchev–Trinajstić information content (AvgIpc) is 2.91. The Bertz CT molecular complexity index is 507. The topological polar surface area (TPSA) is 59.0 Å². The van der Waals surface area contributed by atoms with Crippen LogP contribution in [-0.2, 0) is 4.79 Å². The highest BCUT2D eigenvalue weighted by Gasteiger charge is 2.07. The molecular formula is C13H16N4O. The lowest BCUT2D eigenvalue weighted by molar-refractivity contribution is -0.116. The maximum atomic E-state index is 11.7. The number of hydrogen-bond acceptors (Lipinski definition) is 3. The summed E-state index contributed by atoms with van der Waals surface area (Å²) >= 11 is 0. The second-order valence-electron chi connectivity index (χ2n) is 3.87. The Kier molecular flexibility index (Phi) is 4.09. The first-order chi connectivity index (χ1) is 8.81. The lowest BCUT2D eigenvalue weighted by Crippen LogP contribution is -2.19. The summed E-state index contributed by atoms with van der Waals surface area (Å²) in [5.41, 5.74) is 1.63. The van der Waals surface area contributed by atoms with E-state index in [0.717, 1.165) is 11.4 Å². The monoisotopic (exact) mass is 244 g/mol. The third kappa shape index (κ3) is 2.95. The Morgan fingerprint density at radius 2 is 2.17 bits per heavy atom. The molecule has 2 N–H and O–H groups in total. The van der Waals surface area contributed by atoms with Gasteiger partial charge in [-0.05, 0) is 25.2 Å². The molecule has 0 radical (unpaired) electrons. The van der Waals surface area contributed by atoms with Crippen LogP contribution in [0.5, 0.6) is 0 Å². The van der Waals surface area contributed by atoms with Crippen molar-refractivity contribution in [3.63, 3.8) is 0 Å². The number of anilines is 1. The van der Waals surface area contributed by atoms with Gasteiger partial charge in [0.2, 0.25) is 5.91 Å². The summed E-state index contributed by atoms with van der Waals surface area (Å²) in [6.45, 7) is 0.662. The van der Waals surface area contributed by atoms with Gasteiger partial charge in [-0.2, -0.15) is 5.10 Å². The molecule has 0 fully saturated rings. The maximum Gasteiger partial charge on any atom is 0.225 e. The molecule has 0 spiro atoms. The fourth-order valence-corrected chi connectivity index (χ4v) is 1.64. The first kappa shape index (κ1) is 12.3. The maximum absolute atomic E-state index is 11.7. The van der Waals surface area contributed by atoms with E-state index in [2.05, 4.69) is 15.7 Å². The van der Waals surface area contributed by atoms with Gasteiger partial charge in [0, 0.05) is 25.4 Å². The standard InChI is InChI=1S/C13H16N4O/c1-14-9-7-13(18)16-11-5-2-3-6-12(11)17-10-4-8-15-17/h2-6,8,10,14H,7,9H2,1H3,(H,16,18). The van der Waals surface area contributed by atoms with Gasteiger partial charge in [0.1, 0.15) is 0 Å². The van der Waals surface area contributed by atoms with Crippen molar-refractivity contribution in [3.8, 4) is 5.69 Å². The molecule has 0 aliphatic rings.